The Hall–Kier alpha value is -2.88. The summed E-state index contributed by atoms with van der Waals surface area (Å²) in [4.78, 5) is 28.9. The van der Waals surface area contributed by atoms with Gasteiger partial charge >= 0.3 is 11.1 Å². The third-order valence-corrected chi connectivity index (χ3v) is 7.52. The highest BCUT2D eigenvalue weighted by atomic mass is 35.5. The van der Waals surface area contributed by atoms with Crippen LogP contribution in [0.15, 0.2) is 56.3 Å². The number of sulfonamides is 1. The zero-order chi connectivity index (χ0) is 21.6. The summed E-state index contributed by atoms with van der Waals surface area (Å²) in [6, 6.07) is 9.78. The van der Waals surface area contributed by atoms with Crippen molar-refractivity contribution in [2.45, 2.75) is 18.7 Å². The Kier molecular flexibility index (Phi) is 5.05. The largest absolute Gasteiger partial charge is 0.316 e. The minimum absolute atomic E-state index is 0.0213. The van der Waals surface area contributed by atoms with Gasteiger partial charge < -0.3 is 9.97 Å². The van der Waals surface area contributed by atoms with Crippen LogP contribution in [0.5, 0.6) is 0 Å². The van der Waals surface area contributed by atoms with Crippen LogP contribution in [0.3, 0.4) is 0 Å². The number of hydrogen-bond donors (Lipinski definition) is 3. The molecule has 0 aliphatic rings. The van der Waals surface area contributed by atoms with Crippen molar-refractivity contribution in [2.75, 3.05) is 4.72 Å². The van der Waals surface area contributed by atoms with Gasteiger partial charge in [0.2, 0.25) is 0 Å². The summed E-state index contributed by atoms with van der Waals surface area (Å²) in [6.45, 7) is 3.59. The maximum atomic E-state index is 13.0. The molecule has 2 aromatic heterocycles. The Balaban J connectivity index is 1.73. The summed E-state index contributed by atoms with van der Waals surface area (Å²) in [5, 5.41) is 2.40. The van der Waals surface area contributed by atoms with Crippen molar-refractivity contribution >= 4 is 49.7 Å². The summed E-state index contributed by atoms with van der Waals surface area (Å²) in [5.41, 5.74) is 1.55. The van der Waals surface area contributed by atoms with E-state index in [-0.39, 0.29) is 10.4 Å². The van der Waals surface area contributed by atoms with E-state index in [9.17, 15) is 18.0 Å². The first-order valence-corrected chi connectivity index (χ1v) is 11.5. The average Bonchev–Trinajstić information content (AvgIpc) is 3.08. The molecule has 30 heavy (non-hydrogen) atoms. The zero-order valence-corrected chi connectivity index (χ0v) is 18.3. The van der Waals surface area contributed by atoms with Crippen LogP contribution in [0.2, 0.25) is 5.02 Å². The minimum Gasteiger partial charge on any atom is -0.316 e. The van der Waals surface area contributed by atoms with Crippen molar-refractivity contribution < 1.29 is 8.42 Å². The van der Waals surface area contributed by atoms with Gasteiger partial charge in [-0.15, -0.1) is 11.3 Å². The second kappa shape index (κ2) is 7.42. The second-order valence-corrected chi connectivity index (χ2v) is 9.78. The fourth-order valence-electron chi connectivity index (χ4n) is 3.16. The van der Waals surface area contributed by atoms with Gasteiger partial charge in [-0.05, 0) is 66.8 Å². The summed E-state index contributed by atoms with van der Waals surface area (Å²) in [5.74, 6) is 0. The van der Waals surface area contributed by atoms with Crippen LogP contribution < -0.4 is 15.8 Å². The van der Waals surface area contributed by atoms with Crippen LogP contribution in [0.25, 0.3) is 21.5 Å². The van der Waals surface area contributed by atoms with E-state index >= 15 is 0 Å². The van der Waals surface area contributed by atoms with Gasteiger partial charge in [0.1, 0.15) is 0 Å². The molecule has 0 aliphatic carbocycles. The molecule has 4 aromatic rings. The molecule has 0 saturated carbocycles. The fourth-order valence-corrected chi connectivity index (χ4v) is 5.77. The van der Waals surface area contributed by atoms with E-state index in [1.807, 2.05) is 18.4 Å². The van der Waals surface area contributed by atoms with E-state index < -0.39 is 21.1 Å². The Morgan fingerprint density at radius 3 is 2.20 bits per heavy atom. The lowest BCUT2D eigenvalue weighted by molar-refractivity contribution is 0.600. The molecular weight excluding hydrogens is 446 g/mol. The Labute approximate surface area is 180 Å². The standard InChI is InChI=1S/C20H16ClN3O4S2/c1-10-5-6-29-18(10)13-4-3-12(8-14(13)21)24-30(27,28)17-9-16-15(7-11(17)2)22-19(25)20(26)23-16/h3-9,24H,1-2H3,(H,22,25)(H,23,26). The van der Waals surface area contributed by atoms with Crippen LogP contribution in [0.1, 0.15) is 11.1 Å². The average molecular weight is 462 g/mol. The molecule has 2 heterocycles. The van der Waals surface area contributed by atoms with Crippen molar-refractivity contribution in [3.8, 4) is 10.4 Å². The van der Waals surface area contributed by atoms with E-state index in [1.54, 1.807) is 36.5 Å². The number of fused-ring (bicyclic) bond motifs is 1. The van der Waals surface area contributed by atoms with E-state index in [0.29, 0.717) is 21.8 Å². The number of nitrogens with one attached hydrogen (secondary N) is 3. The van der Waals surface area contributed by atoms with E-state index in [1.165, 1.54) is 12.1 Å². The third kappa shape index (κ3) is 3.67. The number of aryl methyl sites for hydroxylation is 2. The monoisotopic (exact) mass is 461 g/mol. The summed E-state index contributed by atoms with van der Waals surface area (Å²) in [7, 11) is -3.97. The van der Waals surface area contributed by atoms with Crippen molar-refractivity contribution in [2.24, 2.45) is 0 Å². The number of aromatic nitrogens is 2. The van der Waals surface area contributed by atoms with Gasteiger partial charge in [-0.1, -0.05) is 11.6 Å². The van der Waals surface area contributed by atoms with Gasteiger partial charge in [-0.3, -0.25) is 14.3 Å². The predicted octanol–water partition coefficient (Wildman–Crippen LogP) is 4.02. The number of thiophene rings is 1. The first kappa shape index (κ1) is 20.4. The molecule has 0 unspecified atom stereocenters. The van der Waals surface area contributed by atoms with Gasteiger partial charge in [0.25, 0.3) is 10.0 Å². The fraction of sp³-hybridized carbons (Fsp3) is 0.100. The van der Waals surface area contributed by atoms with E-state index in [4.69, 9.17) is 11.6 Å². The van der Waals surface area contributed by atoms with Crippen LogP contribution in [0.4, 0.5) is 5.69 Å². The highest BCUT2D eigenvalue weighted by molar-refractivity contribution is 7.92. The number of rotatable bonds is 4. The predicted molar refractivity (Wildman–Crippen MR) is 120 cm³/mol. The molecule has 0 fully saturated rings. The first-order chi connectivity index (χ1) is 14.2. The number of H-pyrrole nitrogens is 2. The highest BCUT2D eigenvalue weighted by Crippen LogP contribution is 2.36. The Morgan fingerprint density at radius 1 is 0.933 bits per heavy atom. The van der Waals surface area contributed by atoms with E-state index in [2.05, 4.69) is 14.7 Å². The molecule has 0 saturated heterocycles. The molecule has 3 N–H and O–H groups in total. The number of hydrogen-bond acceptors (Lipinski definition) is 5. The molecule has 0 atom stereocenters. The minimum atomic E-state index is -3.97. The normalized spacial score (nSPS) is 11.7. The SMILES string of the molecule is Cc1cc2[nH]c(=O)c(=O)[nH]c2cc1S(=O)(=O)Nc1ccc(-c2sccc2C)c(Cl)c1. The van der Waals surface area contributed by atoms with Crippen molar-refractivity contribution in [1.29, 1.82) is 0 Å². The number of halogens is 1. The number of anilines is 1. The van der Waals surface area contributed by atoms with Gasteiger partial charge in [0.15, 0.2) is 0 Å². The van der Waals surface area contributed by atoms with Gasteiger partial charge in [-0.25, -0.2) is 8.42 Å². The lowest BCUT2D eigenvalue weighted by atomic mass is 10.1. The van der Waals surface area contributed by atoms with E-state index in [0.717, 1.165) is 16.0 Å². The lowest BCUT2D eigenvalue weighted by Crippen LogP contribution is -2.29. The third-order valence-electron chi connectivity index (χ3n) is 4.64. The van der Waals surface area contributed by atoms with Crippen LogP contribution in [-0.4, -0.2) is 18.4 Å². The molecule has 10 heteroatoms. The molecule has 4 rings (SSSR count). The van der Waals surface area contributed by atoms with Crippen LogP contribution in [-0.2, 0) is 10.0 Å². The van der Waals surface area contributed by atoms with Gasteiger partial charge in [0, 0.05) is 10.4 Å². The zero-order valence-electron chi connectivity index (χ0n) is 15.9. The summed E-state index contributed by atoms with van der Waals surface area (Å²) >= 11 is 7.97. The maximum Gasteiger partial charge on any atom is 0.314 e. The first-order valence-electron chi connectivity index (χ1n) is 8.79. The molecule has 0 amide bonds. The molecular formula is C20H16ClN3O4S2. The quantitative estimate of drug-likeness (QED) is 0.398. The molecule has 0 radical (unpaired) electrons. The topological polar surface area (TPSA) is 112 Å². The molecule has 2 aromatic carbocycles. The van der Waals surface area contributed by atoms with Crippen LogP contribution in [0, 0.1) is 13.8 Å². The van der Waals surface area contributed by atoms with Crippen molar-refractivity contribution in [3.63, 3.8) is 0 Å². The smallest absolute Gasteiger partial charge is 0.314 e. The molecule has 0 aliphatic heterocycles. The lowest BCUT2D eigenvalue weighted by Gasteiger charge is -2.13. The van der Waals surface area contributed by atoms with Crippen LogP contribution >= 0.6 is 22.9 Å². The molecule has 0 bridgehead atoms. The molecule has 154 valence electrons. The summed E-state index contributed by atoms with van der Waals surface area (Å²) in [6.07, 6.45) is 0. The Morgan fingerprint density at radius 2 is 1.60 bits per heavy atom. The second-order valence-electron chi connectivity index (χ2n) is 6.80. The van der Waals surface area contributed by atoms with Gasteiger partial charge in [0.05, 0.1) is 26.6 Å². The molecule has 7 nitrogen and oxygen atoms in total. The van der Waals surface area contributed by atoms with Crippen molar-refractivity contribution in [1.82, 2.24) is 9.97 Å². The van der Waals surface area contributed by atoms with Crippen molar-refractivity contribution in [3.05, 3.63) is 78.6 Å². The molecule has 0 spiro atoms. The highest BCUT2D eigenvalue weighted by Gasteiger charge is 2.19. The summed E-state index contributed by atoms with van der Waals surface area (Å²) < 4.78 is 28.5. The van der Waals surface area contributed by atoms with Gasteiger partial charge in [-0.2, -0.15) is 0 Å². The number of benzene rings is 2. The maximum absolute atomic E-state index is 13.0. The number of aromatic amines is 2. The Bertz CT molecular complexity index is 1520.